The van der Waals surface area contributed by atoms with Gasteiger partial charge in [-0.15, -0.1) is 0 Å². The highest BCUT2D eigenvalue weighted by atomic mass is 35.5. The highest BCUT2D eigenvalue weighted by Crippen LogP contribution is 2.37. The predicted octanol–water partition coefficient (Wildman–Crippen LogP) is 6.95. The lowest BCUT2D eigenvalue weighted by Crippen LogP contribution is -2.10. The molecule has 2 aromatic rings. The van der Waals surface area contributed by atoms with Crippen LogP contribution in [0.4, 0.5) is 13.2 Å². The maximum atomic E-state index is 12.6. The van der Waals surface area contributed by atoms with Gasteiger partial charge in [-0.1, -0.05) is 52.5 Å². The van der Waals surface area contributed by atoms with Crippen LogP contribution < -0.4 is 14.2 Å². The zero-order chi connectivity index (χ0) is 21.4. The van der Waals surface area contributed by atoms with E-state index in [1.165, 1.54) is 30.3 Å². The van der Waals surface area contributed by atoms with Crippen molar-refractivity contribution in [1.82, 2.24) is 4.98 Å². The third kappa shape index (κ3) is 8.01. The van der Waals surface area contributed by atoms with Gasteiger partial charge in [-0.3, -0.25) is 0 Å². The van der Waals surface area contributed by atoms with E-state index in [1.807, 2.05) is 0 Å². The molecule has 0 unspecified atom stereocenters. The van der Waals surface area contributed by atoms with Crippen molar-refractivity contribution in [2.75, 3.05) is 19.8 Å². The normalized spacial score (nSPS) is 11.1. The molecular weight excluding hydrogens is 477 g/mol. The molecule has 0 atom stereocenters. The lowest BCUT2D eigenvalue weighted by molar-refractivity contribution is -0.141. The van der Waals surface area contributed by atoms with E-state index >= 15 is 0 Å². The molecule has 0 amide bonds. The summed E-state index contributed by atoms with van der Waals surface area (Å²) >= 11 is 23.3. The Bertz CT molecular complexity index is 835. The number of nitrogens with zero attached hydrogens (tertiary/aromatic N) is 1. The smallest absolute Gasteiger partial charge is 0.433 e. The van der Waals surface area contributed by atoms with Crippen LogP contribution in [0.1, 0.15) is 12.1 Å². The molecule has 0 saturated heterocycles. The van der Waals surface area contributed by atoms with Gasteiger partial charge in [-0.2, -0.15) is 13.2 Å². The van der Waals surface area contributed by atoms with Crippen LogP contribution in [0.15, 0.2) is 40.9 Å². The van der Waals surface area contributed by atoms with Crippen molar-refractivity contribution in [2.24, 2.45) is 0 Å². The Hall–Kier alpha value is -1.54. The van der Waals surface area contributed by atoms with Crippen LogP contribution >= 0.6 is 46.4 Å². The lowest BCUT2D eigenvalue weighted by Gasteiger charge is -2.13. The number of alkyl halides is 3. The molecule has 0 aliphatic carbocycles. The van der Waals surface area contributed by atoms with Crippen LogP contribution in [-0.4, -0.2) is 24.8 Å². The van der Waals surface area contributed by atoms with E-state index in [-0.39, 0.29) is 46.0 Å². The van der Waals surface area contributed by atoms with Gasteiger partial charge in [0.1, 0.15) is 22.5 Å². The SMILES string of the molecule is FC(F)(F)c1cccc(OCCCOc2c(Cl)cc(OCC=C(Cl)Cl)cc2Cl)n1. The summed E-state index contributed by atoms with van der Waals surface area (Å²) in [6.45, 7) is 0.398. The van der Waals surface area contributed by atoms with Crippen molar-refractivity contribution in [1.29, 1.82) is 0 Å². The van der Waals surface area contributed by atoms with Gasteiger partial charge in [0.05, 0.1) is 23.3 Å². The van der Waals surface area contributed by atoms with Crippen molar-refractivity contribution in [3.05, 3.63) is 56.6 Å². The zero-order valence-corrected chi connectivity index (χ0v) is 17.6. The molecule has 0 aliphatic heterocycles. The minimum atomic E-state index is -4.53. The molecule has 0 fully saturated rings. The number of rotatable bonds is 9. The third-order valence-corrected chi connectivity index (χ3v) is 4.13. The van der Waals surface area contributed by atoms with Gasteiger partial charge in [0.25, 0.3) is 0 Å². The molecule has 158 valence electrons. The molecule has 1 heterocycles. The highest BCUT2D eigenvalue weighted by Gasteiger charge is 2.32. The van der Waals surface area contributed by atoms with Crippen LogP contribution in [0.2, 0.25) is 10.0 Å². The predicted molar refractivity (Wildman–Crippen MR) is 107 cm³/mol. The van der Waals surface area contributed by atoms with Gasteiger partial charge in [0.15, 0.2) is 5.75 Å². The van der Waals surface area contributed by atoms with Gasteiger partial charge in [-0.25, -0.2) is 4.98 Å². The number of pyridine rings is 1. The average Bonchev–Trinajstić information content (AvgIpc) is 2.62. The number of aromatic nitrogens is 1. The first-order chi connectivity index (χ1) is 13.7. The summed E-state index contributed by atoms with van der Waals surface area (Å²) < 4.78 is 54.1. The molecule has 0 radical (unpaired) electrons. The van der Waals surface area contributed by atoms with E-state index in [2.05, 4.69) is 4.98 Å². The van der Waals surface area contributed by atoms with Crippen molar-refractivity contribution >= 4 is 46.4 Å². The Kier molecular flexibility index (Phi) is 9.02. The largest absolute Gasteiger partial charge is 0.490 e. The maximum absolute atomic E-state index is 12.6. The summed E-state index contributed by atoms with van der Waals surface area (Å²) in [6.07, 6.45) is -2.71. The van der Waals surface area contributed by atoms with E-state index in [0.29, 0.717) is 12.2 Å². The summed E-state index contributed by atoms with van der Waals surface area (Å²) in [5.74, 6) is 0.532. The van der Waals surface area contributed by atoms with Crippen LogP contribution in [0.25, 0.3) is 0 Å². The van der Waals surface area contributed by atoms with Gasteiger partial charge < -0.3 is 14.2 Å². The summed E-state index contributed by atoms with van der Waals surface area (Å²) in [7, 11) is 0. The summed E-state index contributed by atoms with van der Waals surface area (Å²) in [5, 5.41) is 0.461. The van der Waals surface area contributed by atoms with Crippen molar-refractivity contribution in [3.63, 3.8) is 0 Å². The first-order valence-electron chi connectivity index (χ1n) is 8.09. The molecule has 29 heavy (non-hydrogen) atoms. The first-order valence-corrected chi connectivity index (χ1v) is 9.61. The third-order valence-electron chi connectivity index (χ3n) is 3.26. The van der Waals surface area contributed by atoms with E-state index < -0.39 is 11.9 Å². The summed E-state index contributed by atoms with van der Waals surface area (Å²) in [5.41, 5.74) is -1.02. The van der Waals surface area contributed by atoms with Gasteiger partial charge >= 0.3 is 6.18 Å². The van der Waals surface area contributed by atoms with Gasteiger partial charge in [0.2, 0.25) is 5.88 Å². The quantitative estimate of drug-likeness (QED) is 0.356. The van der Waals surface area contributed by atoms with Crippen molar-refractivity contribution in [3.8, 4) is 17.4 Å². The van der Waals surface area contributed by atoms with Gasteiger partial charge in [0, 0.05) is 24.6 Å². The Balaban J connectivity index is 1.82. The zero-order valence-electron chi connectivity index (χ0n) is 14.6. The summed E-state index contributed by atoms with van der Waals surface area (Å²) in [4.78, 5) is 3.41. The molecule has 11 heteroatoms. The molecule has 4 nitrogen and oxygen atoms in total. The Morgan fingerprint density at radius 3 is 2.28 bits per heavy atom. The lowest BCUT2D eigenvalue weighted by atomic mass is 10.3. The second kappa shape index (κ2) is 11.0. The van der Waals surface area contributed by atoms with E-state index in [1.54, 1.807) is 0 Å². The molecule has 1 aromatic carbocycles. The number of ether oxygens (including phenoxy) is 3. The molecule has 0 saturated carbocycles. The maximum Gasteiger partial charge on any atom is 0.433 e. The van der Waals surface area contributed by atoms with E-state index in [0.717, 1.165) is 6.07 Å². The van der Waals surface area contributed by atoms with Gasteiger partial charge in [-0.05, 0) is 12.1 Å². The average molecular weight is 491 g/mol. The van der Waals surface area contributed by atoms with Crippen LogP contribution in [0, 0.1) is 0 Å². The second-order valence-corrected chi connectivity index (χ2v) is 7.25. The molecule has 0 aliphatic rings. The highest BCUT2D eigenvalue weighted by molar-refractivity contribution is 6.55. The minimum absolute atomic E-state index is 0.0738. The van der Waals surface area contributed by atoms with Crippen LogP contribution in [0.3, 0.4) is 0 Å². The molecule has 2 rings (SSSR count). The Labute approximate surface area is 185 Å². The standard InChI is InChI=1S/C18H14Cl4F3NO3/c19-12-9-11(27-8-5-15(21)22)10-13(20)17(12)29-7-2-6-28-16-4-1-3-14(26-16)18(23,24)25/h1,3-5,9-10H,2,6-8H2. The molecule has 0 bridgehead atoms. The van der Waals surface area contributed by atoms with Crippen molar-refractivity contribution < 1.29 is 27.4 Å². The Morgan fingerprint density at radius 1 is 1.00 bits per heavy atom. The number of hydrogen-bond acceptors (Lipinski definition) is 4. The molecule has 0 N–H and O–H groups in total. The molecule has 0 spiro atoms. The molecular formula is C18H14Cl4F3NO3. The topological polar surface area (TPSA) is 40.6 Å². The number of halogens is 7. The van der Waals surface area contributed by atoms with Crippen LogP contribution in [0.5, 0.6) is 17.4 Å². The summed E-state index contributed by atoms with van der Waals surface area (Å²) in [6, 6.07) is 6.47. The van der Waals surface area contributed by atoms with Crippen molar-refractivity contribution in [2.45, 2.75) is 12.6 Å². The monoisotopic (exact) mass is 489 g/mol. The number of benzene rings is 1. The molecule has 1 aromatic heterocycles. The fraction of sp³-hybridized carbons (Fsp3) is 0.278. The first kappa shape index (κ1) is 23.7. The van der Waals surface area contributed by atoms with E-state index in [4.69, 9.17) is 60.6 Å². The fourth-order valence-electron chi connectivity index (χ4n) is 2.02. The fourth-order valence-corrected chi connectivity index (χ4v) is 2.72. The second-order valence-electron chi connectivity index (χ2n) is 5.43. The Morgan fingerprint density at radius 2 is 1.66 bits per heavy atom. The van der Waals surface area contributed by atoms with E-state index in [9.17, 15) is 13.2 Å². The number of hydrogen-bond donors (Lipinski definition) is 0. The van der Waals surface area contributed by atoms with Crippen LogP contribution in [-0.2, 0) is 6.18 Å². The minimum Gasteiger partial charge on any atom is -0.490 e.